The summed E-state index contributed by atoms with van der Waals surface area (Å²) in [5.41, 5.74) is 4.64. The second-order valence-electron chi connectivity index (χ2n) is 7.63. The van der Waals surface area contributed by atoms with Gasteiger partial charge in [0, 0.05) is 11.9 Å². The zero-order chi connectivity index (χ0) is 22.7. The first-order valence-electron chi connectivity index (χ1n) is 10.1. The van der Waals surface area contributed by atoms with Crippen LogP contribution < -0.4 is 10.1 Å². The first-order chi connectivity index (χ1) is 15.4. The van der Waals surface area contributed by atoms with Crippen molar-refractivity contribution in [2.45, 2.75) is 33.9 Å². The third-order valence-corrected chi connectivity index (χ3v) is 5.27. The van der Waals surface area contributed by atoms with Gasteiger partial charge in [0.25, 0.3) is 5.91 Å². The summed E-state index contributed by atoms with van der Waals surface area (Å²) in [7, 11) is 0. The highest BCUT2D eigenvalue weighted by molar-refractivity contribution is 6.30. The molecule has 0 unspecified atom stereocenters. The molecule has 164 valence electrons. The second kappa shape index (κ2) is 9.28. The van der Waals surface area contributed by atoms with E-state index in [1.165, 1.54) is 0 Å². The van der Waals surface area contributed by atoms with Crippen LogP contribution in [0.15, 0.2) is 59.4 Å². The summed E-state index contributed by atoms with van der Waals surface area (Å²) in [6.45, 7) is 6.53. The van der Waals surface area contributed by atoms with Crippen molar-refractivity contribution in [2.24, 2.45) is 0 Å². The number of carbonyl (C=O) groups excluding carboxylic acids is 1. The van der Waals surface area contributed by atoms with Crippen LogP contribution >= 0.6 is 11.6 Å². The van der Waals surface area contributed by atoms with E-state index in [2.05, 4.69) is 15.6 Å². The Bertz CT molecular complexity index is 1240. The number of amides is 1. The van der Waals surface area contributed by atoms with Crippen LogP contribution in [0.5, 0.6) is 5.75 Å². The Balaban J connectivity index is 1.43. The summed E-state index contributed by atoms with van der Waals surface area (Å²) in [5, 5.41) is 11.6. The molecule has 2 aromatic carbocycles. The molecule has 32 heavy (non-hydrogen) atoms. The molecule has 0 fully saturated rings. The fourth-order valence-electron chi connectivity index (χ4n) is 3.25. The Hall–Kier alpha value is -3.58. The Morgan fingerprint density at radius 1 is 1.16 bits per heavy atom. The number of hydrogen-bond acceptors (Lipinski definition) is 5. The average Bonchev–Trinajstić information content (AvgIpc) is 3.35. The molecule has 2 heterocycles. The topological polar surface area (TPSA) is 82.2 Å². The lowest BCUT2D eigenvalue weighted by molar-refractivity contribution is 0.101. The molecule has 0 spiro atoms. The minimum Gasteiger partial charge on any atom is -0.488 e. The fourth-order valence-corrected chi connectivity index (χ4v) is 3.40. The van der Waals surface area contributed by atoms with Gasteiger partial charge in [0.15, 0.2) is 5.69 Å². The number of aryl methyl sites for hydroxylation is 3. The number of benzene rings is 2. The molecule has 0 aliphatic carbocycles. The first kappa shape index (κ1) is 21.6. The van der Waals surface area contributed by atoms with Gasteiger partial charge in [0.1, 0.15) is 18.1 Å². The molecule has 0 aliphatic rings. The van der Waals surface area contributed by atoms with Crippen LogP contribution in [-0.4, -0.2) is 20.8 Å². The summed E-state index contributed by atoms with van der Waals surface area (Å²) in [6.07, 6.45) is 3.35. The first-order valence-corrected chi connectivity index (χ1v) is 10.5. The highest BCUT2D eigenvalue weighted by Gasteiger charge is 2.21. The summed E-state index contributed by atoms with van der Waals surface area (Å²) in [4.78, 5) is 12.8. The summed E-state index contributed by atoms with van der Waals surface area (Å²) < 4.78 is 13.0. The number of nitrogens with zero attached hydrogens (tertiary/aromatic N) is 3. The number of halogens is 1. The van der Waals surface area contributed by atoms with E-state index < -0.39 is 0 Å². The molecule has 0 radical (unpaired) electrons. The Morgan fingerprint density at radius 2 is 1.94 bits per heavy atom. The molecule has 0 bridgehead atoms. The van der Waals surface area contributed by atoms with Gasteiger partial charge in [0.05, 0.1) is 23.3 Å². The second-order valence-corrected chi connectivity index (χ2v) is 8.07. The van der Waals surface area contributed by atoms with Crippen molar-refractivity contribution in [3.8, 4) is 5.75 Å². The molecule has 8 heteroatoms. The minimum atomic E-state index is -0.354. The molecular weight excluding hydrogens is 428 g/mol. The zero-order valence-electron chi connectivity index (χ0n) is 18.1. The quantitative estimate of drug-likeness (QED) is 0.411. The lowest BCUT2D eigenvalue weighted by Crippen LogP contribution is -2.15. The number of nitrogens with one attached hydrogen (secondary N) is 1. The van der Waals surface area contributed by atoms with Crippen LogP contribution in [0.3, 0.4) is 0 Å². The Kier molecular flexibility index (Phi) is 6.28. The molecule has 4 aromatic rings. The zero-order valence-corrected chi connectivity index (χ0v) is 18.8. The van der Waals surface area contributed by atoms with Crippen LogP contribution in [0.4, 0.5) is 5.69 Å². The number of carbonyl (C=O) groups is 1. The summed E-state index contributed by atoms with van der Waals surface area (Å²) >= 11 is 5.90. The van der Waals surface area contributed by atoms with Crippen LogP contribution in [0.25, 0.3) is 0 Å². The highest BCUT2D eigenvalue weighted by atomic mass is 35.5. The van der Waals surface area contributed by atoms with E-state index in [0.717, 1.165) is 22.4 Å². The van der Waals surface area contributed by atoms with Crippen molar-refractivity contribution in [3.05, 3.63) is 93.6 Å². The normalized spacial score (nSPS) is 10.9. The van der Waals surface area contributed by atoms with Crippen molar-refractivity contribution in [1.82, 2.24) is 14.9 Å². The van der Waals surface area contributed by atoms with Gasteiger partial charge in [-0.3, -0.25) is 9.48 Å². The van der Waals surface area contributed by atoms with Crippen molar-refractivity contribution in [2.75, 3.05) is 5.32 Å². The number of hydrogen-bond donors (Lipinski definition) is 1. The predicted molar refractivity (Wildman–Crippen MR) is 122 cm³/mol. The molecule has 0 aliphatic heterocycles. The van der Waals surface area contributed by atoms with Gasteiger partial charge in [-0.15, -0.1) is 0 Å². The molecule has 2 aromatic heterocycles. The third-order valence-electron chi connectivity index (χ3n) is 5.07. The largest absolute Gasteiger partial charge is 0.488 e. The van der Waals surface area contributed by atoms with E-state index >= 15 is 0 Å². The van der Waals surface area contributed by atoms with Gasteiger partial charge < -0.3 is 14.6 Å². The van der Waals surface area contributed by atoms with Gasteiger partial charge in [-0.25, -0.2) is 0 Å². The third kappa shape index (κ3) is 5.00. The van der Waals surface area contributed by atoms with Gasteiger partial charge in [-0.2, -0.15) is 5.10 Å². The lowest BCUT2D eigenvalue weighted by Gasteiger charge is -2.10. The SMILES string of the molecule is Cc1ccc(C)c(OCc2c(C(=O)Nc3ccc(Cn4cc(Cl)cn4)cc3)noc2C)c1. The molecule has 0 saturated heterocycles. The maximum Gasteiger partial charge on any atom is 0.278 e. The van der Waals surface area contributed by atoms with Crippen molar-refractivity contribution >= 4 is 23.2 Å². The number of ether oxygens (including phenoxy) is 1. The van der Waals surface area contributed by atoms with E-state index in [-0.39, 0.29) is 18.2 Å². The van der Waals surface area contributed by atoms with E-state index in [1.54, 1.807) is 24.0 Å². The molecule has 7 nitrogen and oxygen atoms in total. The maximum atomic E-state index is 12.8. The van der Waals surface area contributed by atoms with Gasteiger partial charge in [-0.05, 0) is 55.7 Å². The summed E-state index contributed by atoms with van der Waals surface area (Å²) in [5.74, 6) is 0.965. The highest BCUT2D eigenvalue weighted by Crippen LogP contribution is 2.23. The number of rotatable bonds is 7. The molecular formula is C24H23ClN4O3. The smallest absolute Gasteiger partial charge is 0.278 e. The number of anilines is 1. The van der Waals surface area contributed by atoms with Crippen molar-refractivity contribution in [1.29, 1.82) is 0 Å². The van der Waals surface area contributed by atoms with Crippen LogP contribution in [0.1, 0.15) is 38.5 Å². The molecule has 1 N–H and O–H groups in total. The van der Waals surface area contributed by atoms with Crippen LogP contribution in [-0.2, 0) is 13.2 Å². The van der Waals surface area contributed by atoms with Gasteiger partial charge in [0.2, 0.25) is 0 Å². The Morgan fingerprint density at radius 3 is 2.66 bits per heavy atom. The van der Waals surface area contributed by atoms with Crippen LogP contribution in [0, 0.1) is 20.8 Å². The minimum absolute atomic E-state index is 0.188. The molecule has 1 amide bonds. The Labute approximate surface area is 190 Å². The molecule has 0 saturated carbocycles. The van der Waals surface area contributed by atoms with Crippen molar-refractivity contribution in [3.63, 3.8) is 0 Å². The van der Waals surface area contributed by atoms with E-state index in [9.17, 15) is 4.79 Å². The van der Waals surface area contributed by atoms with E-state index in [0.29, 0.717) is 28.6 Å². The maximum absolute atomic E-state index is 12.8. The summed E-state index contributed by atoms with van der Waals surface area (Å²) in [6, 6.07) is 13.5. The van der Waals surface area contributed by atoms with Gasteiger partial charge in [-0.1, -0.05) is 41.0 Å². The molecule has 0 atom stereocenters. The van der Waals surface area contributed by atoms with Gasteiger partial charge >= 0.3 is 0 Å². The number of aromatic nitrogens is 3. The molecule has 4 rings (SSSR count). The van der Waals surface area contributed by atoms with E-state index in [4.69, 9.17) is 20.9 Å². The predicted octanol–water partition coefficient (Wildman–Crippen LogP) is 5.33. The van der Waals surface area contributed by atoms with E-state index in [1.807, 2.05) is 56.3 Å². The average molecular weight is 451 g/mol. The van der Waals surface area contributed by atoms with Crippen LogP contribution in [0.2, 0.25) is 5.02 Å². The fraction of sp³-hybridized carbons (Fsp3) is 0.208. The monoisotopic (exact) mass is 450 g/mol. The lowest BCUT2D eigenvalue weighted by atomic mass is 10.1. The van der Waals surface area contributed by atoms with Crippen molar-refractivity contribution < 1.29 is 14.1 Å². The standard InChI is InChI=1S/C24H23ClN4O3/c1-15-4-5-16(2)22(10-15)31-14-21-17(3)32-28-23(21)24(30)27-20-8-6-18(7-9-20)12-29-13-19(25)11-26-29/h4-11,13H,12,14H2,1-3H3,(H,27,30).